The third kappa shape index (κ3) is 3.41. The Labute approximate surface area is 133 Å². The van der Waals surface area contributed by atoms with Gasteiger partial charge in [0.05, 0.1) is 0 Å². The van der Waals surface area contributed by atoms with Gasteiger partial charge in [0.2, 0.25) is 5.91 Å². The van der Waals surface area contributed by atoms with Crippen LogP contribution in [-0.2, 0) is 4.79 Å². The molecule has 1 amide bonds. The first kappa shape index (κ1) is 16.3. The smallest absolute Gasteiger partial charge is 0.244 e. The Kier molecular flexibility index (Phi) is 5.28. The summed E-state index contributed by atoms with van der Waals surface area (Å²) in [6.07, 6.45) is 5.23. The average Bonchev–Trinajstić information content (AvgIpc) is 2.90. The number of benzene rings is 1. The summed E-state index contributed by atoms with van der Waals surface area (Å²) >= 11 is 0. The van der Waals surface area contributed by atoms with E-state index in [0.717, 1.165) is 30.5 Å². The van der Waals surface area contributed by atoms with Crippen molar-refractivity contribution in [3.05, 3.63) is 35.4 Å². The molecular formula is C17H25ClN2O. The molecule has 0 bridgehead atoms. The fraction of sp³-hybridized carbons (Fsp3) is 0.588. The van der Waals surface area contributed by atoms with Crippen LogP contribution < -0.4 is 5.73 Å². The van der Waals surface area contributed by atoms with Gasteiger partial charge < -0.3 is 10.6 Å². The summed E-state index contributed by atoms with van der Waals surface area (Å²) in [7, 11) is 0. The minimum atomic E-state index is -0.504. The van der Waals surface area contributed by atoms with Crippen LogP contribution in [-0.4, -0.2) is 23.9 Å². The second kappa shape index (κ2) is 6.80. The molecule has 2 aliphatic rings. The first-order valence-electron chi connectivity index (χ1n) is 7.76. The lowest BCUT2D eigenvalue weighted by atomic mass is 9.82. The number of amides is 1. The molecule has 3 nitrogen and oxygen atoms in total. The lowest BCUT2D eigenvalue weighted by molar-refractivity contribution is -0.131. The summed E-state index contributed by atoms with van der Waals surface area (Å²) in [4.78, 5) is 14.6. The summed E-state index contributed by atoms with van der Waals surface area (Å²) in [6.45, 7) is 3.88. The fourth-order valence-corrected chi connectivity index (χ4v) is 3.70. The van der Waals surface area contributed by atoms with Crippen molar-refractivity contribution in [2.45, 2.75) is 38.6 Å². The Balaban J connectivity index is 0.00000161. The van der Waals surface area contributed by atoms with Crippen LogP contribution in [0.1, 0.15) is 42.9 Å². The van der Waals surface area contributed by atoms with Crippen molar-refractivity contribution in [1.82, 2.24) is 4.90 Å². The van der Waals surface area contributed by atoms with E-state index < -0.39 is 6.04 Å². The van der Waals surface area contributed by atoms with Gasteiger partial charge in [-0.2, -0.15) is 0 Å². The summed E-state index contributed by atoms with van der Waals surface area (Å²) < 4.78 is 0. The van der Waals surface area contributed by atoms with E-state index in [1.165, 1.54) is 31.2 Å². The maximum Gasteiger partial charge on any atom is 0.244 e. The number of rotatable bonds is 2. The molecule has 1 aromatic carbocycles. The Morgan fingerprint density at radius 1 is 1.14 bits per heavy atom. The van der Waals surface area contributed by atoms with E-state index in [9.17, 15) is 4.79 Å². The number of likely N-dealkylation sites (tertiary alicyclic amines) is 1. The standard InChI is InChI=1S/C17H24N2O.ClH/c1-12-6-8-13(9-7-12)16(18)17(20)19-10-14-4-2-3-5-15(14)11-19;/h6-9,14-16H,2-5,10-11,18H2,1H3;1H. The van der Waals surface area contributed by atoms with E-state index in [1.54, 1.807) is 0 Å². The third-order valence-electron chi connectivity index (χ3n) is 4.99. The van der Waals surface area contributed by atoms with Gasteiger partial charge in [0.1, 0.15) is 6.04 Å². The van der Waals surface area contributed by atoms with Crippen molar-refractivity contribution >= 4 is 18.3 Å². The van der Waals surface area contributed by atoms with Gasteiger partial charge in [-0.25, -0.2) is 0 Å². The Morgan fingerprint density at radius 3 is 2.19 bits per heavy atom. The van der Waals surface area contributed by atoms with Crippen molar-refractivity contribution in [3.8, 4) is 0 Å². The number of carbonyl (C=O) groups is 1. The number of carbonyl (C=O) groups excluding carboxylic acids is 1. The first-order chi connectivity index (χ1) is 9.65. The van der Waals surface area contributed by atoms with Crippen LogP contribution >= 0.6 is 12.4 Å². The van der Waals surface area contributed by atoms with Gasteiger partial charge in [-0.3, -0.25) is 4.79 Å². The molecule has 4 heteroatoms. The monoisotopic (exact) mass is 308 g/mol. The molecule has 21 heavy (non-hydrogen) atoms. The van der Waals surface area contributed by atoms with Gasteiger partial charge in [0.15, 0.2) is 0 Å². The first-order valence-corrected chi connectivity index (χ1v) is 7.76. The van der Waals surface area contributed by atoms with Crippen LogP contribution in [0.4, 0.5) is 0 Å². The van der Waals surface area contributed by atoms with Gasteiger partial charge in [-0.05, 0) is 37.2 Å². The number of hydrogen-bond acceptors (Lipinski definition) is 2. The zero-order chi connectivity index (χ0) is 14.1. The Bertz CT molecular complexity index is 474. The molecule has 0 spiro atoms. The molecule has 2 N–H and O–H groups in total. The highest BCUT2D eigenvalue weighted by atomic mass is 35.5. The molecule has 1 saturated carbocycles. The van der Waals surface area contributed by atoms with E-state index in [4.69, 9.17) is 5.73 Å². The summed E-state index contributed by atoms with van der Waals surface area (Å²) in [5.41, 5.74) is 8.29. The summed E-state index contributed by atoms with van der Waals surface area (Å²) in [5, 5.41) is 0. The Hall–Kier alpha value is -1.06. The molecule has 1 saturated heterocycles. The van der Waals surface area contributed by atoms with Crippen LogP contribution in [0.25, 0.3) is 0 Å². The zero-order valence-electron chi connectivity index (χ0n) is 12.6. The number of aryl methyl sites for hydroxylation is 1. The number of halogens is 1. The van der Waals surface area contributed by atoms with Crippen LogP contribution in [0.15, 0.2) is 24.3 Å². The fourth-order valence-electron chi connectivity index (χ4n) is 3.70. The number of fused-ring (bicyclic) bond motifs is 1. The quantitative estimate of drug-likeness (QED) is 0.912. The second-order valence-corrected chi connectivity index (χ2v) is 6.44. The highest BCUT2D eigenvalue weighted by molar-refractivity contribution is 5.85. The third-order valence-corrected chi connectivity index (χ3v) is 4.99. The maximum atomic E-state index is 12.6. The van der Waals surface area contributed by atoms with Gasteiger partial charge in [0.25, 0.3) is 0 Å². The van der Waals surface area contributed by atoms with Crippen molar-refractivity contribution in [1.29, 1.82) is 0 Å². The number of hydrogen-bond donors (Lipinski definition) is 1. The van der Waals surface area contributed by atoms with E-state index in [-0.39, 0.29) is 18.3 Å². The average molecular weight is 309 g/mol. The SMILES string of the molecule is Cc1ccc(C(N)C(=O)N2CC3CCCCC3C2)cc1.Cl. The lowest BCUT2D eigenvalue weighted by Gasteiger charge is -2.22. The molecule has 1 aromatic rings. The van der Waals surface area contributed by atoms with Crippen LogP contribution in [0.2, 0.25) is 0 Å². The summed E-state index contributed by atoms with van der Waals surface area (Å²) in [5.74, 6) is 1.54. The van der Waals surface area contributed by atoms with Gasteiger partial charge in [-0.15, -0.1) is 12.4 Å². The van der Waals surface area contributed by atoms with Gasteiger partial charge >= 0.3 is 0 Å². The molecule has 2 fully saturated rings. The second-order valence-electron chi connectivity index (χ2n) is 6.44. The minimum Gasteiger partial charge on any atom is -0.340 e. The zero-order valence-corrected chi connectivity index (χ0v) is 13.4. The molecular weight excluding hydrogens is 284 g/mol. The molecule has 3 unspecified atom stereocenters. The van der Waals surface area contributed by atoms with Crippen molar-refractivity contribution in [2.75, 3.05) is 13.1 Å². The minimum absolute atomic E-state index is 0. The molecule has 0 radical (unpaired) electrons. The van der Waals surface area contributed by atoms with E-state index in [2.05, 4.69) is 0 Å². The van der Waals surface area contributed by atoms with Crippen LogP contribution in [0.3, 0.4) is 0 Å². The molecule has 3 rings (SSSR count). The van der Waals surface area contributed by atoms with E-state index in [0.29, 0.717) is 0 Å². The molecule has 0 aromatic heterocycles. The molecule has 1 aliphatic heterocycles. The summed E-state index contributed by atoms with van der Waals surface area (Å²) in [6, 6.07) is 7.48. The predicted octanol–water partition coefficient (Wildman–Crippen LogP) is 3.07. The highest BCUT2D eigenvalue weighted by Crippen LogP contribution is 2.36. The molecule has 1 heterocycles. The topological polar surface area (TPSA) is 46.3 Å². The predicted molar refractivity (Wildman–Crippen MR) is 87.4 cm³/mol. The number of nitrogens with zero attached hydrogens (tertiary/aromatic N) is 1. The largest absolute Gasteiger partial charge is 0.340 e. The number of nitrogens with two attached hydrogens (primary N) is 1. The van der Waals surface area contributed by atoms with Gasteiger partial charge in [0, 0.05) is 13.1 Å². The van der Waals surface area contributed by atoms with E-state index in [1.807, 2.05) is 36.1 Å². The lowest BCUT2D eigenvalue weighted by Crippen LogP contribution is -2.37. The van der Waals surface area contributed by atoms with Crippen molar-refractivity contribution in [2.24, 2.45) is 17.6 Å². The molecule has 116 valence electrons. The van der Waals surface area contributed by atoms with Crippen molar-refractivity contribution < 1.29 is 4.79 Å². The Morgan fingerprint density at radius 2 is 1.67 bits per heavy atom. The highest BCUT2D eigenvalue weighted by Gasteiger charge is 2.37. The molecule has 3 atom stereocenters. The van der Waals surface area contributed by atoms with Gasteiger partial charge in [-0.1, -0.05) is 42.7 Å². The normalized spacial score (nSPS) is 25.9. The molecule has 1 aliphatic carbocycles. The van der Waals surface area contributed by atoms with Crippen molar-refractivity contribution in [3.63, 3.8) is 0 Å². The van der Waals surface area contributed by atoms with Crippen LogP contribution in [0, 0.1) is 18.8 Å². The van der Waals surface area contributed by atoms with Crippen LogP contribution in [0.5, 0.6) is 0 Å². The van der Waals surface area contributed by atoms with E-state index >= 15 is 0 Å². The maximum absolute atomic E-state index is 12.6.